The normalized spacial score (nSPS) is 10.6. The van der Waals surface area contributed by atoms with E-state index in [4.69, 9.17) is 4.74 Å². The van der Waals surface area contributed by atoms with Crippen LogP contribution in [0.1, 0.15) is 19.2 Å². The molecule has 0 spiro atoms. The average molecular weight is 231 g/mol. The van der Waals surface area contributed by atoms with Crippen LogP contribution in [-0.2, 0) is 11.2 Å². The monoisotopic (exact) mass is 231 g/mol. The van der Waals surface area contributed by atoms with Crippen molar-refractivity contribution in [2.24, 2.45) is 0 Å². The predicted octanol–water partition coefficient (Wildman–Crippen LogP) is 2.44. The fourth-order valence-corrected chi connectivity index (χ4v) is 1.54. The molecule has 0 atom stereocenters. The molecule has 2 rings (SSSR count). The largest absolute Gasteiger partial charge is 0.381 e. The van der Waals surface area contributed by atoms with E-state index in [1.54, 1.807) is 0 Å². The lowest BCUT2D eigenvalue weighted by molar-refractivity contribution is 0.136. The topological polar surface area (TPSA) is 50.8 Å². The molecule has 0 bridgehead atoms. The summed E-state index contributed by atoms with van der Waals surface area (Å²) in [7, 11) is 0. The number of hydrogen-bond acceptors (Lipinski definition) is 3. The Kier molecular flexibility index (Phi) is 4.27. The van der Waals surface area contributed by atoms with Gasteiger partial charge < -0.3 is 4.74 Å². The van der Waals surface area contributed by atoms with Gasteiger partial charge in [0.2, 0.25) is 0 Å². The Morgan fingerprint density at radius 1 is 1.18 bits per heavy atom. The number of nitrogens with zero attached hydrogens (tertiary/aromatic N) is 2. The highest BCUT2D eigenvalue weighted by Gasteiger charge is 2.04. The van der Waals surface area contributed by atoms with Crippen LogP contribution in [0.5, 0.6) is 0 Å². The zero-order valence-corrected chi connectivity index (χ0v) is 10.0. The van der Waals surface area contributed by atoms with E-state index in [0.29, 0.717) is 6.61 Å². The molecule has 0 aliphatic rings. The average Bonchev–Trinajstić information content (AvgIpc) is 2.85. The SMILES string of the molecule is CCCOCCc1nc(-c2ccccc2)n[nH]1. The maximum Gasteiger partial charge on any atom is 0.181 e. The van der Waals surface area contributed by atoms with Gasteiger partial charge >= 0.3 is 0 Å². The van der Waals surface area contributed by atoms with Gasteiger partial charge in [0.15, 0.2) is 5.82 Å². The summed E-state index contributed by atoms with van der Waals surface area (Å²) in [5, 5.41) is 7.13. The fraction of sp³-hybridized carbons (Fsp3) is 0.385. The van der Waals surface area contributed by atoms with E-state index in [1.165, 1.54) is 0 Å². The van der Waals surface area contributed by atoms with E-state index in [1.807, 2.05) is 30.3 Å². The summed E-state index contributed by atoms with van der Waals surface area (Å²) in [6.45, 7) is 3.60. The Morgan fingerprint density at radius 3 is 2.76 bits per heavy atom. The van der Waals surface area contributed by atoms with Crippen LogP contribution in [0.3, 0.4) is 0 Å². The lowest BCUT2D eigenvalue weighted by Crippen LogP contribution is -2.00. The number of aromatic nitrogens is 3. The third-order valence-electron chi connectivity index (χ3n) is 2.40. The lowest BCUT2D eigenvalue weighted by atomic mass is 10.2. The van der Waals surface area contributed by atoms with Crippen LogP contribution < -0.4 is 0 Å². The highest BCUT2D eigenvalue weighted by Crippen LogP contribution is 2.13. The summed E-state index contributed by atoms with van der Waals surface area (Å²) in [6.07, 6.45) is 1.82. The van der Waals surface area contributed by atoms with Crippen molar-refractivity contribution in [2.45, 2.75) is 19.8 Å². The molecule has 0 saturated heterocycles. The molecule has 90 valence electrons. The summed E-state index contributed by atoms with van der Waals surface area (Å²) in [5.41, 5.74) is 1.03. The lowest BCUT2D eigenvalue weighted by Gasteiger charge is -1.98. The molecule has 1 N–H and O–H groups in total. The Bertz CT molecular complexity index is 439. The van der Waals surface area contributed by atoms with Crippen molar-refractivity contribution < 1.29 is 4.74 Å². The highest BCUT2D eigenvalue weighted by molar-refractivity contribution is 5.53. The first-order valence-electron chi connectivity index (χ1n) is 5.94. The molecule has 0 unspecified atom stereocenters. The maximum absolute atomic E-state index is 5.41. The van der Waals surface area contributed by atoms with Crippen LogP contribution in [0.2, 0.25) is 0 Å². The van der Waals surface area contributed by atoms with Crippen molar-refractivity contribution in [3.05, 3.63) is 36.2 Å². The third kappa shape index (κ3) is 3.39. The first kappa shape index (κ1) is 11.8. The van der Waals surface area contributed by atoms with Crippen molar-refractivity contribution in [3.63, 3.8) is 0 Å². The quantitative estimate of drug-likeness (QED) is 0.777. The van der Waals surface area contributed by atoms with Gasteiger partial charge in [0.1, 0.15) is 5.82 Å². The van der Waals surface area contributed by atoms with Crippen LogP contribution in [-0.4, -0.2) is 28.4 Å². The number of aromatic amines is 1. The molecule has 0 aliphatic heterocycles. The third-order valence-corrected chi connectivity index (χ3v) is 2.40. The second-order valence-corrected chi connectivity index (χ2v) is 3.83. The molecular formula is C13H17N3O. The molecule has 0 fully saturated rings. The van der Waals surface area contributed by atoms with Crippen LogP contribution >= 0.6 is 0 Å². The Morgan fingerprint density at radius 2 is 2.00 bits per heavy atom. The smallest absolute Gasteiger partial charge is 0.181 e. The standard InChI is InChI=1S/C13H17N3O/c1-2-9-17-10-8-12-14-13(16-15-12)11-6-4-3-5-7-11/h3-7H,2,8-10H2,1H3,(H,14,15,16). The molecular weight excluding hydrogens is 214 g/mol. The molecule has 1 aromatic carbocycles. The molecule has 1 heterocycles. The molecule has 4 nitrogen and oxygen atoms in total. The number of rotatable bonds is 6. The van der Waals surface area contributed by atoms with Crippen LogP contribution in [0.25, 0.3) is 11.4 Å². The fourth-order valence-electron chi connectivity index (χ4n) is 1.54. The molecule has 0 saturated carbocycles. The summed E-state index contributed by atoms with van der Waals surface area (Å²) in [5.74, 6) is 1.62. The van der Waals surface area contributed by atoms with Gasteiger partial charge in [0.25, 0.3) is 0 Å². The van der Waals surface area contributed by atoms with E-state index >= 15 is 0 Å². The number of benzene rings is 1. The van der Waals surface area contributed by atoms with Gasteiger partial charge in [0, 0.05) is 18.6 Å². The van der Waals surface area contributed by atoms with E-state index < -0.39 is 0 Å². The predicted molar refractivity (Wildman–Crippen MR) is 66.6 cm³/mol. The first-order valence-corrected chi connectivity index (χ1v) is 5.94. The molecule has 1 aromatic heterocycles. The highest BCUT2D eigenvalue weighted by atomic mass is 16.5. The van der Waals surface area contributed by atoms with Gasteiger partial charge in [-0.15, -0.1) is 0 Å². The summed E-state index contributed by atoms with van der Waals surface area (Å²) in [4.78, 5) is 4.43. The van der Waals surface area contributed by atoms with E-state index in [-0.39, 0.29) is 0 Å². The van der Waals surface area contributed by atoms with Gasteiger partial charge in [-0.1, -0.05) is 37.3 Å². The van der Waals surface area contributed by atoms with Crippen molar-refractivity contribution in [3.8, 4) is 11.4 Å². The first-order chi connectivity index (χ1) is 8.40. The summed E-state index contributed by atoms with van der Waals surface area (Å²) >= 11 is 0. The van der Waals surface area contributed by atoms with Gasteiger partial charge in [-0.25, -0.2) is 4.98 Å². The molecule has 17 heavy (non-hydrogen) atoms. The Labute approximate surface area is 101 Å². The molecule has 0 radical (unpaired) electrons. The second kappa shape index (κ2) is 6.15. The van der Waals surface area contributed by atoms with E-state index in [0.717, 1.165) is 36.7 Å². The molecule has 4 heteroatoms. The van der Waals surface area contributed by atoms with E-state index in [2.05, 4.69) is 22.1 Å². The Balaban J connectivity index is 1.92. The van der Waals surface area contributed by atoms with Gasteiger partial charge in [-0.05, 0) is 6.42 Å². The number of nitrogens with one attached hydrogen (secondary N) is 1. The summed E-state index contributed by atoms with van der Waals surface area (Å²) in [6, 6.07) is 9.95. The van der Waals surface area contributed by atoms with Crippen molar-refractivity contribution >= 4 is 0 Å². The number of ether oxygens (including phenoxy) is 1. The number of H-pyrrole nitrogens is 1. The van der Waals surface area contributed by atoms with Crippen LogP contribution in [0, 0.1) is 0 Å². The molecule has 2 aromatic rings. The Hall–Kier alpha value is -1.68. The zero-order chi connectivity index (χ0) is 11.9. The number of hydrogen-bond donors (Lipinski definition) is 1. The summed E-state index contributed by atoms with van der Waals surface area (Å²) < 4.78 is 5.41. The minimum absolute atomic E-state index is 0.692. The maximum atomic E-state index is 5.41. The van der Waals surface area contributed by atoms with Crippen LogP contribution in [0.4, 0.5) is 0 Å². The van der Waals surface area contributed by atoms with Gasteiger partial charge in [-0.2, -0.15) is 5.10 Å². The second-order valence-electron chi connectivity index (χ2n) is 3.83. The van der Waals surface area contributed by atoms with Crippen LogP contribution in [0.15, 0.2) is 30.3 Å². The minimum Gasteiger partial charge on any atom is -0.381 e. The zero-order valence-electron chi connectivity index (χ0n) is 10.0. The van der Waals surface area contributed by atoms with Crippen molar-refractivity contribution in [1.29, 1.82) is 0 Å². The van der Waals surface area contributed by atoms with Gasteiger partial charge in [-0.3, -0.25) is 5.10 Å². The molecule has 0 amide bonds. The minimum atomic E-state index is 0.692. The van der Waals surface area contributed by atoms with Crippen molar-refractivity contribution in [2.75, 3.05) is 13.2 Å². The molecule has 0 aliphatic carbocycles. The van der Waals surface area contributed by atoms with Gasteiger partial charge in [0.05, 0.1) is 6.61 Å². The van der Waals surface area contributed by atoms with Crippen molar-refractivity contribution in [1.82, 2.24) is 15.2 Å². The van der Waals surface area contributed by atoms with E-state index in [9.17, 15) is 0 Å².